The van der Waals surface area contributed by atoms with Crippen molar-refractivity contribution < 1.29 is 19.1 Å². The van der Waals surface area contributed by atoms with E-state index in [0.29, 0.717) is 22.4 Å². The number of amides is 1. The Kier molecular flexibility index (Phi) is 5.41. The van der Waals surface area contributed by atoms with Gasteiger partial charge in [-0.25, -0.2) is 4.79 Å². The summed E-state index contributed by atoms with van der Waals surface area (Å²) in [4.78, 5) is 41.1. The number of H-pyrrole nitrogens is 1. The highest BCUT2D eigenvalue weighted by Gasteiger charge is 2.29. The number of carbonyl (C=O) groups is 3. The maximum atomic E-state index is 12.6. The van der Waals surface area contributed by atoms with Crippen molar-refractivity contribution >= 4 is 17.7 Å². The highest BCUT2D eigenvalue weighted by atomic mass is 16.5. The Morgan fingerprint density at radius 1 is 1.08 bits per heavy atom. The van der Waals surface area contributed by atoms with Gasteiger partial charge >= 0.3 is 5.97 Å². The molecule has 0 aliphatic rings. The molecule has 1 heterocycles. The van der Waals surface area contributed by atoms with Crippen molar-refractivity contribution in [3.8, 4) is 0 Å². The quantitative estimate of drug-likeness (QED) is 0.669. The van der Waals surface area contributed by atoms with Crippen LogP contribution in [0, 0.1) is 13.8 Å². The summed E-state index contributed by atoms with van der Waals surface area (Å²) < 4.78 is 5.50. The molecular weight excluding hydrogens is 320 g/mol. The van der Waals surface area contributed by atoms with Gasteiger partial charge in [0.2, 0.25) is 6.10 Å². The van der Waals surface area contributed by atoms with Gasteiger partial charge < -0.3 is 14.6 Å². The molecule has 1 amide bonds. The van der Waals surface area contributed by atoms with Crippen molar-refractivity contribution in [3.63, 3.8) is 0 Å². The van der Waals surface area contributed by atoms with Crippen LogP contribution in [-0.2, 0) is 9.53 Å². The van der Waals surface area contributed by atoms with E-state index in [2.05, 4.69) is 4.98 Å². The lowest BCUT2D eigenvalue weighted by molar-refractivity contribution is -0.138. The van der Waals surface area contributed by atoms with Crippen LogP contribution < -0.4 is 0 Å². The van der Waals surface area contributed by atoms with E-state index in [1.165, 1.54) is 11.8 Å². The fraction of sp³-hybridized carbons (Fsp3) is 0.316. The number of esters is 1. The minimum absolute atomic E-state index is 0.130. The first-order valence-electron chi connectivity index (χ1n) is 7.91. The number of Topliss-reactive ketones (excluding diaryl/α,β-unsaturated/α-hetero) is 1. The smallest absolute Gasteiger partial charge is 0.356 e. The maximum absolute atomic E-state index is 12.6. The first kappa shape index (κ1) is 18.4. The van der Waals surface area contributed by atoms with Crippen LogP contribution >= 0.6 is 0 Å². The van der Waals surface area contributed by atoms with E-state index in [0.717, 1.165) is 0 Å². The first-order valence-corrected chi connectivity index (χ1v) is 7.91. The second kappa shape index (κ2) is 7.34. The number of aryl methyl sites for hydroxylation is 1. The van der Waals surface area contributed by atoms with E-state index < -0.39 is 12.1 Å². The highest BCUT2D eigenvalue weighted by Crippen LogP contribution is 2.24. The molecule has 1 unspecified atom stereocenters. The number of rotatable bonds is 5. The molecule has 0 bridgehead atoms. The number of nitrogens with one attached hydrogen (secondary N) is 1. The Morgan fingerprint density at radius 2 is 1.68 bits per heavy atom. The van der Waals surface area contributed by atoms with Crippen molar-refractivity contribution in [1.82, 2.24) is 9.88 Å². The zero-order valence-corrected chi connectivity index (χ0v) is 15.0. The third-order valence-electron chi connectivity index (χ3n) is 3.99. The fourth-order valence-electron chi connectivity index (χ4n) is 2.77. The van der Waals surface area contributed by atoms with E-state index >= 15 is 0 Å². The van der Waals surface area contributed by atoms with Gasteiger partial charge in [-0.05, 0) is 26.3 Å². The minimum Gasteiger partial charge on any atom is -0.443 e. The number of aromatic amines is 1. The summed E-state index contributed by atoms with van der Waals surface area (Å²) in [5, 5.41) is 0. The predicted molar refractivity (Wildman–Crippen MR) is 93.6 cm³/mol. The van der Waals surface area contributed by atoms with E-state index in [-0.39, 0.29) is 17.4 Å². The van der Waals surface area contributed by atoms with Gasteiger partial charge in [0.25, 0.3) is 5.91 Å². The molecule has 0 radical (unpaired) electrons. The van der Waals surface area contributed by atoms with E-state index in [1.807, 2.05) is 6.07 Å². The van der Waals surface area contributed by atoms with Crippen LogP contribution in [0.25, 0.3) is 0 Å². The number of carbonyl (C=O) groups excluding carboxylic acids is 3. The predicted octanol–water partition coefficient (Wildman–Crippen LogP) is 2.82. The molecule has 1 N–H and O–H groups in total. The van der Waals surface area contributed by atoms with Gasteiger partial charge in [0.1, 0.15) is 5.69 Å². The highest BCUT2D eigenvalue weighted by molar-refractivity contribution is 6.01. The second-order valence-corrected chi connectivity index (χ2v) is 6.11. The Hall–Kier alpha value is -2.89. The lowest BCUT2D eigenvalue weighted by Crippen LogP contribution is -2.31. The molecular formula is C19H22N2O4. The summed E-state index contributed by atoms with van der Waals surface area (Å²) in [5.41, 5.74) is 2.38. The minimum atomic E-state index is -1.05. The van der Waals surface area contributed by atoms with Crippen LogP contribution in [0.4, 0.5) is 0 Å². The van der Waals surface area contributed by atoms with Crippen molar-refractivity contribution in [2.75, 3.05) is 14.1 Å². The molecule has 25 heavy (non-hydrogen) atoms. The number of ketones is 1. The average molecular weight is 342 g/mol. The molecule has 1 aromatic carbocycles. The average Bonchev–Trinajstić information content (AvgIpc) is 2.87. The lowest BCUT2D eigenvalue weighted by atomic mass is 10.1. The number of hydrogen-bond acceptors (Lipinski definition) is 4. The second-order valence-electron chi connectivity index (χ2n) is 6.11. The number of aromatic nitrogens is 1. The molecule has 2 rings (SSSR count). The topological polar surface area (TPSA) is 79.5 Å². The van der Waals surface area contributed by atoms with Gasteiger partial charge in [-0.2, -0.15) is 0 Å². The van der Waals surface area contributed by atoms with Crippen LogP contribution in [0.2, 0.25) is 0 Å². The number of ether oxygens (including phenoxy) is 1. The standard InChI is InChI=1S/C19H22N2O4/c1-11-15(13(3)22)12(2)20-16(11)19(24)25-17(18(23)21(4)5)14-9-7-6-8-10-14/h6-10,17,20H,1-5H3. The summed E-state index contributed by atoms with van der Waals surface area (Å²) >= 11 is 0. The third-order valence-corrected chi connectivity index (χ3v) is 3.99. The third kappa shape index (κ3) is 3.79. The summed E-state index contributed by atoms with van der Waals surface area (Å²) in [7, 11) is 3.20. The van der Waals surface area contributed by atoms with E-state index in [9.17, 15) is 14.4 Å². The molecule has 6 nitrogen and oxygen atoms in total. The monoisotopic (exact) mass is 342 g/mol. The Morgan fingerprint density at radius 3 is 2.16 bits per heavy atom. The van der Waals surface area contributed by atoms with E-state index in [4.69, 9.17) is 4.74 Å². The maximum Gasteiger partial charge on any atom is 0.356 e. The molecule has 0 aliphatic carbocycles. The van der Waals surface area contributed by atoms with Crippen molar-refractivity contribution in [1.29, 1.82) is 0 Å². The number of likely N-dealkylation sites (N-methyl/N-ethyl adjacent to an activating group) is 1. The largest absolute Gasteiger partial charge is 0.443 e. The van der Waals surface area contributed by atoms with Crippen LogP contribution in [0.3, 0.4) is 0 Å². The molecule has 0 saturated carbocycles. The molecule has 0 fully saturated rings. The Bertz CT molecular complexity index is 806. The van der Waals surface area contributed by atoms with Crippen LogP contribution in [0.1, 0.15) is 50.7 Å². The molecule has 0 spiro atoms. The van der Waals surface area contributed by atoms with Crippen molar-refractivity contribution in [2.45, 2.75) is 26.9 Å². The normalized spacial score (nSPS) is 11.7. The van der Waals surface area contributed by atoms with Crippen LogP contribution in [-0.4, -0.2) is 41.6 Å². The van der Waals surface area contributed by atoms with Gasteiger partial charge in [0.05, 0.1) is 0 Å². The molecule has 132 valence electrons. The fourth-order valence-corrected chi connectivity index (χ4v) is 2.77. The summed E-state index contributed by atoms with van der Waals surface area (Å²) in [5.74, 6) is -1.14. The molecule has 0 aliphatic heterocycles. The molecule has 1 aromatic heterocycles. The molecule has 6 heteroatoms. The number of benzene rings is 1. The molecule has 2 aromatic rings. The lowest BCUT2D eigenvalue weighted by Gasteiger charge is -2.21. The van der Waals surface area contributed by atoms with Gasteiger partial charge in [0.15, 0.2) is 5.78 Å². The van der Waals surface area contributed by atoms with E-state index in [1.54, 1.807) is 52.2 Å². The van der Waals surface area contributed by atoms with Gasteiger partial charge in [0, 0.05) is 30.9 Å². The summed E-state index contributed by atoms with van der Waals surface area (Å²) in [6.07, 6.45) is -1.05. The van der Waals surface area contributed by atoms with Crippen LogP contribution in [0.5, 0.6) is 0 Å². The number of nitrogens with zero attached hydrogens (tertiary/aromatic N) is 1. The molecule has 1 atom stereocenters. The zero-order valence-electron chi connectivity index (χ0n) is 15.0. The molecule has 0 saturated heterocycles. The first-order chi connectivity index (χ1) is 11.7. The van der Waals surface area contributed by atoms with Gasteiger partial charge in [-0.1, -0.05) is 30.3 Å². The van der Waals surface area contributed by atoms with Crippen LogP contribution in [0.15, 0.2) is 30.3 Å². The summed E-state index contributed by atoms with van der Waals surface area (Å²) in [6.45, 7) is 4.85. The Labute approximate surface area is 146 Å². The SMILES string of the molecule is CC(=O)c1c(C)[nH]c(C(=O)OC(C(=O)N(C)C)c2ccccc2)c1C. The summed E-state index contributed by atoms with van der Waals surface area (Å²) in [6, 6.07) is 8.83. The zero-order chi connectivity index (χ0) is 18.7. The van der Waals surface area contributed by atoms with Gasteiger partial charge in [-0.15, -0.1) is 0 Å². The van der Waals surface area contributed by atoms with Crippen molar-refractivity contribution in [2.24, 2.45) is 0 Å². The number of hydrogen-bond donors (Lipinski definition) is 1. The van der Waals surface area contributed by atoms with Crippen molar-refractivity contribution in [3.05, 3.63) is 58.4 Å². The Balaban J connectivity index is 2.37. The van der Waals surface area contributed by atoms with Gasteiger partial charge in [-0.3, -0.25) is 9.59 Å².